The number of hydrogen-bond donors (Lipinski definition) is 0. The van der Waals surface area contributed by atoms with Gasteiger partial charge in [-0.3, -0.25) is 0 Å². The maximum absolute atomic E-state index is 5.98. The molecule has 0 radical (unpaired) electrons. The molecule has 0 saturated carbocycles. The Balaban J connectivity index is 0.000000935. The lowest BCUT2D eigenvalue weighted by Gasteiger charge is -2.30. The van der Waals surface area contributed by atoms with Crippen LogP contribution in [0.25, 0.3) is 0 Å². The number of rotatable bonds is 28. The Hall–Kier alpha value is -0.652. The Morgan fingerprint density at radius 3 is 0.625 bits per heavy atom. The highest BCUT2D eigenvalue weighted by atomic mass is 28.4. The van der Waals surface area contributed by atoms with E-state index in [4.69, 9.17) is 53.1 Å². The molecule has 0 N–H and O–H groups in total. The molecule has 0 aliphatic rings. The lowest BCUT2D eigenvalue weighted by molar-refractivity contribution is 0.0787. The van der Waals surface area contributed by atoms with Crippen LogP contribution >= 0.6 is 0 Å². The second kappa shape index (κ2) is 27.1. The van der Waals surface area contributed by atoms with Crippen molar-refractivity contribution in [1.82, 2.24) is 0 Å². The monoisotopic (exact) mass is 754 g/mol. The van der Waals surface area contributed by atoms with E-state index in [-0.39, 0.29) is 0 Å². The summed E-state index contributed by atoms with van der Waals surface area (Å²) >= 11 is 0. The van der Waals surface area contributed by atoms with Gasteiger partial charge in [0.15, 0.2) is 0 Å². The maximum atomic E-state index is 5.98. The molecule has 1 aromatic carbocycles. The molecule has 1 aromatic rings. The SMILES string of the molecule is CCO[Si](/C=C/[Si](OCC)(OCC)OCC)(OCC)OCC.CCO[Si](OCC)(OCC)c1ccc([Si](OCC)(OCC)OCC)cc1. The first-order valence-electron chi connectivity index (χ1n) is 17.6. The maximum Gasteiger partial charge on any atom is 0.537 e. The molecule has 48 heavy (non-hydrogen) atoms. The number of benzene rings is 1. The molecule has 0 atom stereocenters. The lowest BCUT2D eigenvalue weighted by Crippen LogP contribution is -2.59. The number of hydrogen-bond acceptors (Lipinski definition) is 12. The van der Waals surface area contributed by atoms with Gasteiger partial charge in [-0.25, -0.2) is 0 Å². The first kappa shape index (κ1) is 47.3. The van der Waals surface area contributed by atoms with E-state index >= 15 is 0 Å². The summed E-state index contributed by atoms with van der Waals surface area (Å²) in [5.41, 5.74) is 3.69. The average Bonchev–Trinajstić information content (AvgIpc) is 3.06. The fraction of sp³-hybridized carbons (Fsp3) is 0.750. The first-order valence-corrected chi connectivity index (χ1v) is 24.7. The quantitative estimate of drug-likeness (QED) is 0.108. The van der Waals surface area contributed by atoms with Crippen molar-refractivity contribution < 1.29 is 53.1 Å². The van der Waals surface area contributed by atoms with Crippen LogP contribution < -0.4 is 10.4 Å². The van der Waals surface area contributed by atoms with Crippen molar-refractivity contribution in [2.45, 2.75) is 83.1 Å². The van der Waals surface area contributed by atoms with Gasteiger partial charge in [0.05, 0.1) is 0 Å². The Labute approximate surface area is 296 Å². The Bertz CT molecular complexity index is 801. The van der Waals surface area contributed by atoms with Crippen molar-refractivity contribution in [1.29, 1.82) is 0 Å². The van der Waals surface area contributed by atoms with E-state index in [1.807, 2.05) is 119 Å². The van der Waals surface area contributed by atoms with Gasteiger partial charge in [0, 0.05) is 89.7 Å². The van der Waals surface area contributed by atoms with Crippen LogP contribution in [-0.2, 0) is 53.1 Å². The van der Waals surface area contributed by atoms with E-state index in [0.29, 0.717) is 79.3 Å². The summed E-state index contributed by atoms with van der Waals surface area (Å²) in [5, 5.41) is 1.86. The van der Waals surface area contributed by atoms with E-state index in [0.717, 1.165) is 10.4 Å². The van der Waals surface area contributed by atoms with Crippen LogP contribution in [-0.4, -0.2) is 115 Å². The van der Waals surface area contributed by atoms with Crippen LogP contribution in [0.5, 0.6) is 0 Å². The molecule has 0 aliphatic heterocycles. The molecule has 0 aromatic heterocycles. The summed E-state index contributed by atoms with van der Waals surface area (Å²) in [7, 11) is -11.6. The molecule has 0 saturated heterocycles. The van der Waals surface area contributed by atoms with Gasteiger partial charge in [-0.2, -0.15) is 0 Å². The molecule has 0 fully saturated rings. The molecule has 0 heterocycles. The van der Waals surface area contributed by atoms with Gasteiger partial charge in [-0.05, 0) is 94.5 Å². The molecule has 0 unspecified atom stereocenters. The predicted octanol–water partition coefficient (Wildman–Crippen LogP) is 4.92. The smallest absolute Gasteiger partial charge is 0.371 e. The molecule has 0 amide bonds. The molecule has 1 rings (SSSR count). The Morgan fingerprint density at radius 2 is 0.479 bits per heavy atom. The molecule has 12 nitrogen and oxygen atoms in total. The van der Waals surface area contributed by atoms with Crippen molar-refractivity contribution in [3.05, 3.63) is 35.7 Å². The molecule has 16 heteroatoms. The summed E-state index contributed by atoms with van der Waals surface area (Å²) in [5.74, 6) is 0. The third-order valence-corrected chi connectivity index (χ3v) is 17.9. The average molecular weight is 755 g/mol. The minimum Gasteiger partial charge on any atom is -0.371 e. The van der Waals surface area contributed by atoms with Gasteiger partial charge in [0.2, 0.25) is 0 Å². The third kappa shape index (κ3) is 15.3. The van der Waals surface area contributed by atoms with Crippen LogP contribution in [0.2, 0.25) is 0 Å². The summed E-state index contributed by atoms with van der Waals surface area (Å²) < 4.78 is 70.7. The summed E-state index contributed by atoms with van der Waals surface area (Å²) in [6, 6.07) is 7.95. The van der Waals surface area contributed by atoms with E-state index in [9.17, 15) is 0 Å². The zero-order chi connectivity index (χ0) is 36.4. The van der Waals surface area contributed by atoms with Crippen LogP contribution in [0.15, 0.2) is 35.7 Å². The minimum atomic E-state index is -2.92. The van der Waals surface area contributed by atoms with Crippen molar-refractivity contribution in [2.24, 2.45) is 0 Å². The molecule has 0 spiro atoms. The second-order valence-electron chi connectivity index (χ2n) is 9.43. The fourth-order valence-corrected chi connectivity index (χ4v) is 14.8. The summed E-state index contributed by atoms with van der Waals surface area (Å²) in [6.45, 7) is 29.5. The second-order valence-corrected chi connectivity index (χ2v) is 19.4. The van der Waals surface area contributed by atoms with E-state index < -0.39 is 35.2 Å². The van der Waals surface area contributed by atoms with Gasteiger partial charge < -0.3 is 53.1 Å². The molecule has 282 valence electrons. The Kier molecular flexibility index (Phi) is 26.7. The van der Waals surface area contributed by atoms with Gasteiger partial charge in [0.1, 0.15) is 0 Å². The standard InChI is InChI=1S/C18H34O6Si2.C14H32O6Si2/c1-7-19-25(20-8-2,21-9-3)17-13-15-18(16-14-17)26(22-10-4,23-11-5)24-12-6;1-7-15-21(16-8-2,17-9-3)13-14-22(18-10-4,19-11-5)20-12-6/h13-16H,7-12H2,1-6H3;13-14H,7-12H2,1-6H3/b;14-13+. The van der Waals surface area contributed by atoms with Crippen LogP contribution in [0.4, 0.5) is 0 Å². The zero-order valence-corrected chi connectivity index (χ0v) is 35.8. The van der Waals surface area contributed by atoms with Crippen LogP contribution in [0, 0.1) is 0 Å². The normalized spacial score (nSPS) is 12.8. The van der Waals surface area contributed by atoms with E-state index in [1.165, 1.54) is 0 Å². The predicted molar refractivity (Wildman–Crippen MR) is 197 cm³/mol. The zero-order valence-electron chi connectivity index (χ0n) is 31.8. The van der Waals surface area contributed by atoms with Crippen molar-refractivity contribution >= 4 is 45.6 Å². The topological polar surface area (TPSA) is 111 Å². The van der Waals surface area contributed by atoms with Gasteiger partial charge in [0.25, 0.3) is 0 Å². The first-order chi connectivity index (χ1) is 23.1. The summed E-state index contributed by atoms with van der Waals surface area (Å²) in [4.78, 5) is 0. The summed E-state index contributed by atoms with van der Waals surface area (Å²) in [6.07, 6.45) is 0. The molecular formula is C32H66O12Si4. The van der Waals surface area contributed by atoms with Gasteiger partial charge >= 0.3 is 35.2 Å². The molecule has 0 aliphatic carbocycles. The largest absolute Gasteiger partial charge is 0.537 e. The van der Waals surface area contributed by atoms with Crippen molar-refractivity contribution in [3.8, 4) is 0 Å². The van der Waals surface area contributed by atoms with Crippen LogP contribution in [0.3, 0.4) is 0 Å². The van der Waals surface area contributed by atoms with E-state index in [1.54, 1.807) is 0 Å². The van der Waals surface area contributed by atoms with Crippen molar-refractivity contribution in [2.75, 3.05) is 79.3 Å². The van der Waals surface area contributed by atoms with Gasteiger partial charge in [-0.1, -0.05) is 24.3 Å². The molecule has 0 bridgehead atoms. The highest BCUT2D eigenvalue weighted by Crippen LogP contribution is 2.18. The van der Waals surface area contributed by atoms with E-state index in [2.05, 4.69) is 0 Å². The highest BCUT2D eigenvalue weighted by molar-refractivity contribution is 6.77. The fourth-order valence-electron chi connectivity index (χ4n) is 4.72. The van der Waals surface area contributed by atoms with Crippen molar-refractivity contribution in [3.63, 3.8) is 0 Å². The lowest BCUT2D eigenvalue weighted by atomic mass is 10.4. The minimum absolute atomic E-state index is 0.517. The highest BCUT2D eigenvalue weighted by Gasteiger charge is 2.47. The Morgan fingerprint density at radius 1 is 0.312 bits per heavy atom. The van der Waals surface area contributed by atoms with Gasteiger partial charge in [-0.15, -0.1) is 0 Å². The molecular weight excluding hydrogens is 689 g/mol. The third-order valence-electron chi connectivity index (χ3n) is 6.16. The van der Waals surface area contributed by atoms with Crippen LogP contribution in [0.1, 0.15) is 83.1 Å².